The number of nitrogens with zero attached hydrogens (tertiary/aromatic N) is 1. The molecule has 0 aromatic rings. The molecule has 5 heteroatoms. The minimum Gasteiger partial charge on any atom is -0.303 e. The summed E-state index contributed by atoms with van der Waals surface area (Å²) in [6, 6.07) is 0.230. The molecule has 2 N–H and O–H groups in total. The van der Waals surface area contributed by atoms with Gasteiger partial charge in [-0.3, -0.25) is 14.9 Å². The van der Waals surface area contributed by atoms with Gasteiger partial charge >= 0.3 is 0 Å². The standard InChI is InChI=1S/C24H45N3O2/c1-19(2)22(29)24(6)15-13-17-27(7)16-12-10-8-9-11-14-23(5,26-20(3)4)21(28)18-25-24/h10,12,19-20,25-26H,8-9,11,13-18H2,1-7H3/b12-10+/t23-,24+/m1/s1. The Kier molecular flexibility index (Phi) is 10.7. The van der Waals surface area contributed by atoms with Gasteiger partial charge < -0.3 is 10.2 Å². The molecule has 1 aliphatic rings. The molecule has 5 nitrogen and oxygen atoms in total. The Morgan fingerprint density at radius 1 is 1.10 bits per heavy atom. The molecule has 1 rings (SSSR count). The van der Waals surface area contributed by atoms with Crippen LogP contribution < -0.4 is 10.6 Å². The van der Waals surface area contributed by atoms with Gasteiger partial charge in [0.2, 0.25) is 0 Å². The second kappa shape index (κ2) is 12.0. The highest BCUT2D eigenvalue weighted by Crippen LogP contribution is 2.22. The number of carbonyl (C=O) groups is 2. The van der Waals surface area contributed by atoms with Crippen LogP contribution in [0.15, 0.2) is 12.2 Å². The number of likely N-dealkylation sites (N-methyl/N-ethyl adjacent to an activating group) is 1. The maximum absolute atomic E-state index is 13.2. The molecule has 0 aliphatic carbocycles. The number of rotatable bonds is 4. The Balaban J connectivity index is 3.04. The first-order valence-electron chi connectivity index (χ1n) is 11.4. The third-order valence-corrected chi connectivity index (χ3v) is 6.03. The van der Waals surface area contributed by atoms with Crippen LogP contribution in [-0.2, 0) is 9.59 Å². The molecule has 0 spiro atoms. The highest BCUT2D eigenvalue weighted by Gasteiger charge is 2.37. The number of carbonyl (C=O) groups excluding carboxylic acids is 2. The second-order valence-electron chi connectivity index (χ2n) is 9.84. The number of hydrogen-bond donors (Lipinski definition) is 2. The molecule has 0 amide bonds. The smallest absolute Gasteiger partial charge is 0.166 e. The zero-order valence-corrected chi connectivity index (χ0v) is 19.9. The van der Waals surface area contributed by atoms with Gasteiger partial charge in [-0.25, -0.2) is 0 Å². The summed E-state index contributed by atoms with van der Waals surface area (Å²) < 4.78 is 0. The van der Waals surface area contributed by atoms with Gasteiger partial charge in [0.05, 0.1) is 17.6 Å². The van der Waals surface area contributed by atoms with Crippen molar-refractivity contribution in [1.82, 2.24) is 15.5 Å². The van der Waals surface area contributed by atoms with Gasteiger partial charge in [0.15, 0.2) is 11.6 Å². The first-order chi connectivity index (χ1) is 13.5. The lowest BCUT2D eigenvalue weighted by atomic mass is 9.83. The molecule has 0 unspecified atom stereocenters. The summed E-state index contributed by atoms with van der Waals surface area (Å²) in [5, 5.41) is 6.88. The van der Waals surface area contributed by atoms with Crippen molar-refractivity contribution in [3.8, 4) is 0 Å². The van der Waals surface area contributed by atoms with E-state index in [9.17, 15) is 9.59 Å². The Labute approximate surface area is 179 Å². The molecule has 1 heterocycles. The van der Waals surface area contributed by atoms with Gasteiger partial charge in [-0.1, -0.05) is 32.4 Å². The zero-order chi connectivity index (χ0) is 22.1. The second-order valence-corrected chi connectivity index (χ2v) is 9.84. The average Bonchev–Trinajstić information content (AvgIpc) is 2.63. The van der Waals surface area contributed by atoms with Gasteiger partial charge in [0, 0.05) is 18.5 Å². The maximum Gasteiger partial charge on any atom is 0.166 e. The highest BCUT2D eigenvalue weighted by atomic mass is 16.1. The predicted molar refractivity (Wildman–Crippen MR) is 122 cm³/mol. The van der Waals surface area contributed by atoms with Gasteiger partial charge in [-0.05, 0) is 73.4 Å². The van der Waals surface area contributed by atoms with E-state index in [0.29, 0.717) is 0 Å². The molecule has 0 bridgehead atoms. The van der Waals surface area contributed by atoms with Crippen LogP contribution in [0.2, 0.25) is 0 Å². The topological polar surface area (TPSA) is 61.4 Å². The molecule has 1 aliphatic heterocycles. The summed E-state index contributed by atoms with van der Waals surface area (Å²) >= 11 is 0. The molecule has 0 aromatic carbocycles. The van der Waals surface area contributed by atoms with Crippen molar-refractivity contribution >= 4 is 11.6 Å². The summed E-state index contributed by atoms with van der Waals surface area (Å²) in [6.07, 6.45) is 10.1. The molecule has 0 saturated heterocycles. The van der Waals surface area contributed by atoms with Gasteiger partial charge in [-0.2, -0.15) is 0 Å². The van der Waals surface area contributed by atoms with Crippen LogP contribution in [0.5, 0.6) is 0 Å². The molecule has 29 heavy (non-hydrogen) atoms. The van der Waals surface area contributed by atoms with Crippen LogP contribution in [0.25, 0.3) is 0 Å². The summed E-state index contributed by atoms with van der Waals surface area (Å²) in [7, 11) is 2.12. The van der Waals surface area contributed by atoms with Crippen LogP contribution in [0.1, 0.15) is 80.1 Å². The third-order valence-electron chi connectivity index (χ3n) is 6.03. The zero-order valence-electron chi connectivity index (χ0n) is 19.9. The molecular formula is C24H45N3O2. The van der Waals surface area contributed by atoms with Gasteiger partial charge in [0.1, 0.15) is 0 Å². The Bertz CT molecular complexity index is 558. The average molecular weight is 408 g/mol. The first kappa shape index (κ1) is 26.0. The van der Waals surface area contributed by atoms with Crippen molar-refractivity contribution < 1.29 is 9.59 Å². The van der Waals surface area contributed by atoms with Crippen LogP contribution >= 0.6 is 0 Å². The Morgan fingerprint density at radius 3 is 2.41 bits per heavy atom. The monoisotopic (exact) mass is 407 g/mol. The first-order valence-corrected chi connectivity index (χ1v) is 11.4. The van der Waals surface area contributed by atoms with Crippen molar-refractivity contribution in [2.45, 2.75) is 97.2 Å². The summed E-state index contributed by atoms with van der Waals surface area (Å²) in [5.74, 6) is 0.273. The fourth-order valence-electron chi connectivity index (χ4n) is 4.24. The molecule has 0 saturated carbocycles. The molecule has 0 radical (unpaired) electrons. The molecule has 2 atom stereocenters. The quantitative estimate of drug-likeness (QED) is 0.696. The van der Waals surface area contributed by atoms with Crippen LogP contribution in [0.4, 0.5) is 0 Å². The lowest BCUT2D eigenvalue weighted by Crippen LogP contribution is -2.59. The van der Waals surface area contributed by atoms with Crippen molar-refractivity contribution in [1.29, 1.82) is 0 Å². The van der Waals surface area contributed by atoms with Crippen LogP contribution in [-0.4, -0.2) is 60.3 Å². The number of ketones is 2. The lowest BCUT2D eigenvalue weighted by Gasteiger charge is -2.36. The molecule has 0 aromatic heterocycles. The SMILES string of the molecule is CC(C)N[C@]1(C)CCCC/C=C/CN(C)CCC[C@@](C)(C(=O)C(C)C)NCC1=O. The van der Waals surface area contributed by atoms with E-state index in [-0.39, 0.29) is 30.1 Å². The normalized spacial score (nSPS) is 30.6. The third kappa shape index (κ3) is 8.69. The number of hydrogen-bond acceptors (Lipinski definition) is 5. The fraction of sp³-hybridized carbons (Fsp3) is 0.833. The molecule has 168 valence electrons. The van der Waals surface area contributed by atoms with E-state index in [1.807, 2.05) is 27.7 Å². The lowest BCUT2D eigenvalue weighted by molar-refractivity contribution is -0.129. The van der Waals surface area contributed by atoms with E-state index >= 15 is 0 Å². The Morgan fingerprint density at radius 2 is 1.79 bits per heavy atom. The van der Waals surface area contributed by atoms with E-state index in [1.54, 1.807) is 0 Å². The van der Waals surface area contributed by atoms with E-state index in [0.717, 1.165) is 51.6 Å². The number of nitrogens with one attached hydrogen (secondary N) is 2. The highest BCUT2D eigenvalue weighted by molar-refractivity contribution is 5.93. The van der Waals surface area contributed by atoms with E-state index in [1.165, 1.54) is 0 Å². The van der Waals surface area contributed by atoms with Crippen molar-refractivity contribution in [2.24, 2.45) is 5.92 Å². The largest absolute Gasteiger partial charge is 0.303 e. The van der Waals surface area contributed by atoms with Crippen LogP contribution in [0.3, 0.4) is 0 Å². The number of Topliss-reactive ketones (excluding diaryl/α,β-unsaturated/α-hetero) is 2. The van der Waals surface area contributed by atoms with Crippen molar-refractivity contribution in [3.63, 3.8) is 0 Å². The van der Waals surface area contributed by atoms with E-state index < -0.39 is 11.1 Å². The van der Waals surface area contributed by atoms with Gasteiger partial charge in [0.25, 0.3) is 0 Å². The van der Waals surface area contributed by atoms with E-state index in [2.05, 4.69) is 48.6 Å². The summed E-state index contributed by atoms with van der Waals surface area (Å²) in [4.78, 5) is 28.5. The fourth-order valence-corrected chi connectivity index (χ4v) is 4.24. The summed E-state index contributed by atoms with van der Waals surface area (Å²) in [6.45, 7) is 14.1. The van der Waals surface area contributed by atoms with E-state index in [4.69, 9.17) is 0 Å². The Hall–Kier alpha value is -1.04. The van der Waals surface area contributed by atoms with Crippen molar-refractivity contribution in [2.75, 3.05) is 26.7 Å². The minimum atomic E-state index is -0.670. The molecular weight excluding hydrogens is 362 g/mol. The minimum absolute atomic E-state index is 0.0611. The van der Waals surface area contributed by atoms with Gasteiger partial charge in [-0.15, -0.1) is 0 Å². The summed E-state index contributed by atoms with van der Waals surface area (Å²) in [5.41, 5.74) is -1.24. The predicted octanol–water partition coefficient (Wildman–Crippen LogP) is 3.73. The maximum atomic E-state index is 13.2. The van der Waals surface area contributed by atoms with Crippen LogP contribution in [0, 0.1) is 5.92 Å². The molecule has 0 fully saturated rings. The number of allylic oxidation sites excluding steroid dienone is 1. The van der Waals surface area contributed by atoms with Crippen molar-refractivity contribution in [3.05, 3.63) is 12.2 Å².